The van der Waals surface area contributed by atoms with Crippen molar-refractivity contribution < 1.29 is 9.13 Å². The maximum absolute atomic E-state index is 14.8. The van der Waals surface area contributed by atoms with E-state index in [0.29, 0.717) is 34.6 Å². The number of nitrogens with two attached hydrogens (primary N) is 1. The highest BCUT2D eigenvalue weighted by molar-refractivity contribution is 5.91. The molecule has 7 nitrogen and oxygen atoms in total. The smallest absolute Gasteiger partial charge is 0.212 e. The zero-order chi connectivity index (χ0) is 24.1. The third kappa shape index (κ3) is 3.85. The molecule has 6 rings (SSSR count). The number of fused-ring (bicyclic) bond motifs is 3. The SMILES string of the molecule is COc1ccc(-c2c(-c3ccc(C#N)cc3)nc(N3C4CCC3CC(N)C4)n3ccnc23)cc1F.Cl. The molecule has 2 fully saturated rings. The number of imidazole rings is 1. The van der Waals surface area contributed by atoms with Gasteiger partial charge in [-0.1, -0.05) is 18.2 Å². The Kier molecular flexibility index (Phi) is 6.29. The van der Waals surface area contributed by atoms with Crippen molar-refractivity contribution >= 4 is 24.0 Å². The van der Waals surface area contributed by atoms with E-state index in [-0.39, 0.29) is 24.2 Å². The highest BCUT2D eigenvalue weighted by Crippen LogP contribution is 2.42. The Labute approximate surface area is 214 Å². The Hall–Kier alpha value is -3.67. The highest BCUT2D eigenvalue weighted by Gasteiger charge is 2.41. The molecular formula is C27H26ClFN6O. The first kappa shape index (κ1) is 24.0. The molecule has 2 aromatic carbocycles. The van der Waals surface area contributed by atoms with E-state index in [9.17, 15) is 9.65 Å². The fourth-order valence-electron chi connectivity index (χ4n) is 5.69. The summed E-state index contributed by atoms with van der Waals surface area (Å²) in [6.45, 7) is 0. The number of nitrogens with zero attached hydrogens (tertiary/aromatic N) is 5. The van der Waals surface area contributed by atoms with Crippen molar-refractivity contribution in [2.45, 2.75) is 43.8 Å². The zero-order valence-electron chi connectivity index (χ0n) is 19.8. The molecule has 0 spiro atoms. The predicted molar refractivity (Wildman–Crippen MR) is 139 cm³/mol. The van der Waals surface area contributed by atoms with Crippen LogP contribution in [0.15, 0.2) is 54.9 Å². The van der Waals surface area contributed by atoms with Gasteiger partial charge >= 0.3 is 0 Å². The molecule has 2 N–H and O–H groups in total. The van der Waals surface area contributed by atoms with Crippen LogP contribution < -0.4 is 15.4 Å². The molecule has 2 atom stereocenters. The van der Waals surface area contributed by atoms with E-state index >= 15 is 0 Å². The first-order valence-corrected chi connectivity index (χ1v) is 11.8. The minimum Gasteiger partial charge on any atom is -0.494 e. The first-order chi connectivity index (χ1) is 17.1. The molecule has 4 aromatic rings. The van der Waals surface area contributed by atoms with Crippen LogP contribution in [0, 0.1) is 17.1 Å². The Balaban J connectivity index is 0.00000267. The second kappa shape index (κ2) is 9.41. The summed E-state index contributed by atoms with van der Waals surface area (Å²) in [4.78, 5) is 12.3. The first-order valence-electron chi connectivity index (χ1n) is 11.8. The molecule has 0 saturated carbocycles. The molecule has 0 amide bonds. The van der Waals surface area contributed by atoms with Crippen molar-refractivity contribution in [3.8, 4) is 34.2 Å². The predicted octanol–water partition coefficient (Wildman–Crippen LogP) is 4.96. The van der Waals surface area contributed by atoms with E-state index in [1.807, 2.05) is 28.8 Å². The van der Waals surface area contributed by atoms with E-state index in [1.54, 1.807) is 24.4 Å². The molecule has 2 aliphatic heterocycles. The van der Waals surface area contributed by atoms with Gasteiger partial charge in [0.2, 0.25) is 5.95 Å². The highest BCUT2D eigenvalue weighted by atomic mass is 35.5. The summed E-state index contributed by atoms with van der Waals surface area (Å²) in [5, 5.41) is 9.28. The number of ether oxygens (including phenoxy) is 1. The van der Waals surface area contributed by atoms with Crippen molar-refractivity contribution in [1.82, 2.24) is 14.4 Å². The average molecular weight is 505 g/mol. The van der Waals surface area contributed by atoms with Crippen molar-refractivity contribution in [1.29, 1.82) is 5.26 Å². The van der Waals surface area contributed by atoms with Crippen molar-refractivity contribution in [3.63, 3.8) is 0 Å². The molecule has 4 heterocycles. The molecule has 184 valence electrons. The Morgan fingerprint density at radius 2 is 1.78 bits per heavy atom. The minimum atomic E-state index is -0.451. The van der Waals surface area contributed by atoms with E-state index < -0.39 is 5.82 Å². The quantitative estimate of drug-likeness (QED) is 0.422. The van der Waals surface area contributed by atoms with Gasteiger partial charge in [0.05, 0.1) is 30.0 Å². The van der Waals surface area contributed by atoms with E-state index in [0.717, 1.165) is 42.8 Å². The van der Waals surface area contributed by atoms with Crippen LogP contribution >= 0.6 is 12.4 Å². The maximum atomic E-state index is 14.8. The molecule has 2 bridgehead atoms. The molecule has 2 aromatic heterocycles. The molecule has 2 unspecified atom stereocenters. The fraction of sp³-hybridized carbons (Fsp3) is 0.296. The zero-order valence-corrected chi connectivity index (χ0v) is 20.6. The van der Waals surface area contributed by atoms with Gasteiger partial charge in [-0.25, -0.2) is 14.4 Å². The van der Waals surface area contributed by atoms with Gasteiger partial charge in [0.25, 0.3) is 0 Å². The summed E-state index contributed by atoms with van der Waals surface area (Å²) in [5.41, 5.74) is 10.5. The maximum Gasteiger partial charge on any atom is 0.212 e. The summed E-state index contributed by atoms with van der Waals surface area (Å²) in [6, 6.07) is 15.3. The molecule has 0 aliphatic carbocycles. The number of nitriles is 1. The van der Waals surface area contributed by atoms with Crippen LogP contribution in [0.2, 0.25) is 0 Å². The van der Waals surface area contributed by atoms with Gasteiger partial charge in [-0.2, -0.15) is 5.26 Å². The number of aromatic nitrogens is 3. The second-order valence-corrected chi connectivity index (χ2v) is 9.32. The number of halogens is 2. The van der Waals surface area contributed by atoms with E-state index in [2.05, 4.69) is 11.0 Å². The summed E-state index contributed by atoms with van der Waals surface area (Å²) in [5.74, 6) is 0.556. The van der Waals surface area contributed by atoms with E-state index in [4.69, 9.17) is 20.4 Å². The normalized spacial score (nSPS) is 20.7. The minimum absolute atomic E-state index is 0. The molecule has 36 heavy (non-hydrogen) atoms. The lowest BCUT2D eigenvalue weighted by atomic mass is 9.97. The van der Waals surface area contributed by atoms with Gasteiger partial charge in [-0.3, -0.25) is 4.40 Å². The number of anilines is 1. The standard InChI is InChI=1S/C27H25FN6O.ClH/c1-35-23-9-6-18(12-22(23)28)24-25(17-4-2-16(15-29)3-5-17)32-27(33-11-10-31-26(24)33)34-20-7-8-21(34)14-19(30)13-20;/h2-6,9-12,19-21H,7-8,13-14,30H2,1H3;1H. The molecule has 9 heteroatoms. The van der Waals surface area contributed by atoms with Crippen LogP contribution in [0.5, 0.6) is 5.75 Å². The third-order valence-corrected chi connectivity index (χ3v) is 7.26. The van der Waals surface area contributed by atoms with Crippen LogP contribution in [-0.4, -0.2) is 39.6 Å². The van der Waals surface area contributed by atoms with Crippen LogP contribution in [0.1, 0.15) is 31.2 Å². The average Bonchev–Trinajstić information content (AvgIpc) is 3.46. The van der Waals surface area contributed by atoms with Gasteiger partial charge < -0.3 is 15.4 Å². The number of piperidine rings is 1. The Morgan fingerprint density at radius 3 is 2.42 bits per heavy atom. The van der Waals surface area contributed by atoms with Crippen molar-refractivity contribution in [2.75, 3.05) is 12.0 Å². The lowest BCUT2D eigenvalue weighted by Gasteiger charge is -2.39. The largest absolute Gasteiger partial charge is 0.494 e. The summed E-state index contributed by atoms with van der Waals surface area (Å²) in [6.07, 6.45) is 7.72. The van der Waals surface area contributed by atoms with Gasteiger partial charge in [-0.15, -0.1) is 12.4 Å². The Morgan fingerprint density at radius 1 is 1.08 bits per heavy atom. The molecular weight excluding hydrogens is 479 g/mol. The van der Waals surface area contributed by atoms with Crippen molar-refractivity contribution in [2.24, 2.45) is 5.73 Å². The van der Waals surface area contributed by atoms with Gasteiger partial charge in [0.1, 0.15) is 5.65 Å². The number of rotatable bonds is 4. The molecule has 2 aliphatic rings. The summed E-state index contributed by atoms with van der Waals surface area (Å²) < 4.78 is 21.9. The molecule has 0 radical (unpaired) electrons. The van der Waals surface area contributed by atoms with Crippen LogP contribution in [0.25, 0.3) is 28.0 Å². The van der Waals surface area contributed by atoms with Gasteiger partial charge in [-0.05, 0) is 55.5 Å². The topological polar surface area (TPSA) is 92.5 Å². The summed E-state index contributed by atoms with van der Waals surface area (Å²) in [7, 11) is 1.45. The van der Waals surface area contributed by atoms with Crippen molar-refractivity contribution in [3.05, 3.63) is 66.2 Å². The monoisotopic (exact) mass is 504 g/mol. The second-order valence-electron chi connectivity index (χ2n) is 9.32. The third-order valence-electron chi connectivity index (χ3n) is 7.26. The number of benzene rings is 2. The number of methoxy groups -OCH3 is 1. The van der Waals surface area contributed by atoms with E-state index in [1.165, 1.54) is 13.2 Å². The van der Waals surface area contributed by atoms with Gasteiger partial charge in [0, 0.05) is 36.1 Å². The lowest BCUT2D eigenvalue weighted by Crippen LogP contribution is -2.48. The lowest BCUT2D eigenvalue weighted by molar-refractivity contribution is 0.386. The van der Waals surface area contributed by atoms with Crippen LogP contribution in [-0.2, 0) is 0 Å². The van der Waals surface area contributed by atoms with Crippen LogP contribution in [0.3, 0.4) is 0 Å². The Bertz CT molecular complexity index is 1450. The van der Waals surface area contributed by atoms with Crippen LogP contribution in [0.4, 0.5) is 10.3 Å². The summed E-state index contributed by atoms with van der Waals surface area (Å²) >= 11 is 0. The number of hydrogen-bond donors (Lipinski definition) is 1. The number of hydrogen-bond acceptors (Lipinski definition) is 6. The van der Waals surface area contributed by atoms with Gasteiger partial charge in [0.15, 0.2) is 11.6 Å². The molecule has 2 saturated heterocycles. The fourth-order valence-corrected chi connectivity index (χ4v) is 5.69.